The predicted molar refractivity (Wildman–Crippen MR) is 107 cm³/mol. The molecule has 0 aromatic heterocycles. The molecule has 0 spiro atoms. The molecule has 0 atom stereocenters. The molecule has 8 heteroatoms. The molecule has 4 aromatic rings. The number of hydrogen-bond donors (Lipinski definition) is 0. The zero-order valence-corrected chi connectivity index (χ0v) is 23.9. The van der Waals surface area contributed by atoms with Crippen LogP contribution in [0.25, 0.3) is 22.3 Å². The smallest absolute Gasteiger partial charge is 1.00 e. The van der Waals surface area contributed by atoms with Crippen LogP contribution in [0, 0.1) is 35.4 Å². The summed E-state index contributed by atoms with van der Waals surface area (Å²) in [7, 11) is 0. The molecule has 4 aromatic carbocycles. The summed E-state index contributed by atoms with van der Waals surface area (Å²) in [4.78, 5) is 0. The van der Waals surface area contributed by atoms with E-state index in [1.165, 1.54) is 48.5 Å². The number of fused-ring (bicyclic) bond motifs is 6. The molecule has 2 aliphatic rings. The Bertz CT molecular complexity index is 1110. The summed E-state index contributed by atoms with van der Waals surface area (Å²) in [5.74, 6) is -1.23. The van der Waals surface area contributed by atoms with Crippen molar-refractivity contribution in [3.05, 3.63) is 118 Å². The Labute approximate surface area is 246 Å². The average Bonchev–Trinajstić information content (AvgIpc) is 3.26. The molecular formula is C26H14Cl2F4Zr2. The van der Waals surface area contributed by atoms with Gasteiger partial charge in [0.05, 0.1) is 0 Å². The van der Waals surface area contributed by atoms with Gasteiger partial charge >= 0.3 is 52.4 Å². The quantitative estimate of drug-likeness (QED) is 0.167. The second-order valence-electron chi connectivity index (χ2n) is 7.38. The third-order valence-corrected chi connectivity index (χ3v) is 5.44. The second-order valence-corrected chi connectivity index (χ2v) is 7.38. The van der Waals surface area contributed by atoms with Gasteiger partial charge < -0.3 is 24.8 Å². The van der Waals surface area contributed by atoms with Crippen LogP contribution in [0.2, 0.25) is 0 Å². The van der Waals surface area contributed by atoms with Gasteiger partial charge in [0.15, 0.2) is 0 Å². The van der Waals surface area contributed by atoms with Crippen molar-refractivity contribution >= 4 is 0 Å². The minimum Gasteiger partial charge on any atom is -1.00 e. The maximum Gasteiger partial charge on any atom is 2.00 e. The SMILES string of the molecule is Fc1c[c-]c2c(c1)-c1cc(F)ccc1C2.Fc1c[c-]c2c(c1)-c1cc(F)ccc1C2.[Cl-].[Cl-].[Zr+2].[Zr+2]. The molecule has 168 valence electrons. The van der Waals surface area contributed by atoms with E-state index < -0.39 is 0 Å². The molecule has 0 bridgehead atoms. The summed E-state index contributed by atoms with van der Waals surface area (Å²) in [6.07, 6.45) is 1.43. The molecule has 2 aliphatic carbocycles. The van der Waals surface area contributed by atoms with Crippen LogP contribution in [0.3, 0.4) is 0 Å². The first-order valence-electron chi connectivity index (χ1n) is 9.46. The Kier molecular flexibility index (Phi) is 11.6. The molecule has 0 nitrogen and oxygen atoms in total. The minimum absolute atomic E-state index is 0. The third-order valence-electron chi connectivity index (χ3n) is 5.44. The molecule has 0 unspecified atom stereocenters. The topological polar surface area (TPSA) is 0 Å². The van der Waals surface area contributed by atoms with Crippen LogP contribution in [0.4, 0.5) is 17.6 Å². The second kappa shape index (κ2) is 12.8. The van der Waals surface area contributed by atoms with Crippen LogP contribution >= 0.6 is 0 Å². The van der Waals surface area contributed by atoms with Crippen molar-refractivity contribution in [2.45, 2.75) is 12.8 Å². The third kappa shape index (κ3) is 6.19. The van der Waals surface area contributed by atoms with E-state index in [0.29, 0.717) is 12.8 Å². The van der Waals surface area contributed by atoms with Gasteiger partial charge in [-0.05, 0) is 48.2 Å². The van der Waals surface area contributed by atoms with Gasteiger partial charge in [-0.1, -0.05) is 23.3 Å². The first kappa shape index (κ1) is 31.0. The zero-order chi connectivity index (χ0) is 20.8. The summed E-state index contributed by atoms with van der Waals surface area (Å²) < 4.78 is 52.2. The molecule has 0 saturated carbocycles. The maximum atomic E-state index is 13.1. The van der Waals surface area contributed by atoms with Crippen LogP contribution < -0.4 is 24.8 Å². The Balaban J connectivity index is 0.000000304. The number of hydrogen-bond acceptors (Lipinski definition) is 0. The largest absolute Gasteiger partial charge is 2.00 e. The molecule has 0 fully saturated rings. The molecule has 0 N–H and O–H groups in total. The van der Waals surface area contributed by atoms with Crippen LogP contribution in [0.15, 0.2) is 60.7 Å². The first-order chi connectivity index (χ1) is 14.5. The van der Waals surface area contributed by atoms with Crippen molar-refractivity contribution in [3.8, 4) is 22.3 Å². The normalized spacial score (nSPS) is 10.9. The summed E-state index contributed by atoms with van der Waals surface area (Å²) >= 11 is 0. The summed E-state index contributed by atoms with van der Waals surface area (Å²) in [5.41, 5.74) is 7.08. The molecular weight excluding hydrogens is 642 g/mol. The summed E-state index contributed by atoms with van der Waals surface area (Å²) in [6, 6.07) is 20.6. The monoisotopic (exact) mass is 652 g/mol. The van der Waals surface area contributed by atoms with Gasteiger partial charge in [-0.15, -0.1) is 46.5 Å². The van der Waals surface area contributed by atoms with Crippen molar-refractivity contribution < 1.29 is 94.8 Å². The van der Waals surface area contributed by atoms with E-state index in [1.54, 1.807) is 12.1 Å². The van der Waals surface area contributed by atoms with Gasteiger partial charge in [-0.25, -0.2) is 8.78 Å². The maximum absolute atomic E-state index is 13.1. The first-order valence-corrected chi connectivity index (χ1v) is 9.46. The fourth-order valence-electron chi connectivity index (χ4n) is 4.06. The van der Waals surface area contributed by atoms with E-state index in [2.05, 4.69) is 12.1 Å². The minimum atomic E-state index is -0.328. The van der Waals surface area contributed by atoms with Crippen LogP contribution in [-0.4, -0.2) is 0 Å². The van der Waals surface area contributed by atoms with E-state index in [9.17, 15) is 17.6 Å². The van der Waals surface area contributed by atoms with E-state index in [0.717, 1.165) is 44.5 Å². The number of rotatable bonds is 0. The fourth-order valence-corrected chi connectivity index (χ4v) is 4.06. The molecule has 0 heterocycles. The van der Waals surface area contributed by atoms with Gasteiger partial charge in [-0.2, -0.15) is 12.1 Å². The molecule has 0 aliphatic heterocycles. The van der Waals surface area contributed by atoms with E-state index in [4.69, 9.17) is 0 Å². The van der Waals surface area contributed by atoms with Gasteiger partial charge in [0.25, 0.3) is 0 Å². The number of halogens is 6. The molecule has 6 rings (SSSR count). The summed E-state index contributed by atoms with van der Waals surface area (Å²) in [5, 5.41) is 0. The van der Waals surface area contributed by atoms with Crippen molar-refractivity contribution in [2.24, 2.45) is 0 Å². The van der Waals surface area contributed by atoms with Gasteiger partial charge in [-0.3, -0.25) is 8.78 Å². The molecule has 34 heavy (non-hydrogen) atoms. The Morgan fingerprint density at radius 1 is 0.500 bits per heavy atom. The molecule has 0 saturated heterocycles. The van der Waals surface area contributed by atoms with Crippen LogP contribution in [0.1, 0.15) is 22.3 Å². The molecule has 0 amide bonds. The summed E-state index contributed by atoms with van der Waals surface area (Å²) in [6.45, 7) is 0. The van der Waals surface area contributed by atoms with E-state index in [1.807, 2.05) is 0 Å². The number of benzene rings is 4. The fraction of sp³-hybridized carbons (Fsp3) is 0.0769. The van der Waals surface area contributed by atoms with Crippen LogP contribution in [-0.2, 0) is 65.2 Å². The molecule has 0 radical (unpaired) electrons. The van der Waals surface area contributed by atoms with Crippen molar-refractivity contribution in [1.29, 1.82) is 0 Å². The Morgan fingerprint density at radius 2 is 0.853 bits per heavy atom. The predicted octanol–water partition coefficient (Wildman–Crippen LogP) is 0.675. The van der Waals surface area contributed by atoms with E-state index >= 15 is 0 Å². The van der Waals surface area contributed by atoms with Gasteiger partial charge in [0.1, 0.15) is 11.6 Å². The van der Waals surface area contributed by atoms with Crippen molar-refractivity contribution in [3.63, 3.8) is 0 Å². The zero-order valence-electron chi connectivity index (χ0n) is 17.5. The Hall–Kier alpha value is -1.05. The van der Waals surface area contributed by atoms with Crippen molar-refractivity contribution in [1.82, 2.24) is 0 Å². The van der Waals surface area contributed by atoms with Gasteiger partial charge in [0, 0.05) is 11.6 Å². The van der Waals surface area contributed by atoms with Crippen LogP contribution in [0.5, 0.6) is 0 Å². The van der Waals surface area contributed by atoms with Crippen molar-refractivity contribution in [2.75, 3.05) is 0 Å². The standard InChI is InChI=1S/2C13H7F2.2ClH.2Zr/c2*14-10-3-1-8-5-9-2-4-11(15)7-13(9)12(8)6-10;;;;/h2*1,3-4,6-7H,5H2;2*1H;;/q2*-1;;;2*+2/p-2. The van der Waals surface area contributed by atoms with E-state index in [-0.39, 0.29) is 100 Å². The van der Waals surface area contributed by atoms with Gasteiger partial charge in [0.2, 0.25) is 0 Å². The Morgan fingerprint density at radius 3 is 1.24 bits per heavy atom. The average molecular weight is 656 g/mol.